The first-order chi connectivity index (χ1) is 9.16. The van der Waals surface area contributed by atoms with Gasteiger partial charge in [-0.2, -0.15) is 0 Å². The molecule has 0 bridgehead atoms. The van der Waals surface area contributed by atoms with Crippen molar-refractivity contribution >= 4 is 33.2 Å². The maximum Gasteiger partial charge on any atom is 0.253 e. The number of amides is 1. The molecule has 0 saturated heterocycles. The number of carbonyl (C=O) groups excluding carboxylic acids is 1. The number of carbonyl (C=O) groups is 1. The van der Waals surface area contributed by atoms with E-state index in [0.29, 0.717) is 0 Å². The van der Waals surface area contributed by atoms with E-state index in [-0.39, 0.29) is 16.5 Å². The average Bonchev–Trinajstić information content (AvgIpc) is 2.25. The van der Waals surface area contributed by atoms with Gasteiger partial charge in [0.25, 0.3) is 5.91 Å². The number of nitrogens with two attached hydrogens (primary N) is 1. The number of halogens is 2. The Kier molecular flexibility index (Phi) is 5.32. The van der Waals surface area contributed by atoms with Crippen LogP contribution in [0, 0.1) is 5.82 Å². The highest BCUT2D eigenvalue weighted by atomic mass is 35.5. The molecule has 112 valence electrons. The van der Waals surface area contributed by atoms with Crippen LogP contribution in [0.4, 0.5) is 10.1 Å². The molecule has 0 aliphatic heterocycles. The van der Waals surface area contributed by atoms with Crippen LogP contribution < -0.4 is 10.5 Å². The van der Waals surface area contributed by atoms with Crippen LogP contribution in [0.2, 0.25) is 5.02 Å². The number of hydrogen-bond donors (Lipinski definition) is 2. The van der Waals surface area contributed by atoms with Gasteiger partial charge < -0.3 is 10.5 Å². The first-order valence-electron chi connectivity index (χ1n) is 5.48. The number of nitrogens with one attached hydrogen (secondary N) is 1. The van der Waals surface area contributed by atoms with Crippen LogP contribution >= 0.6 is 11.6 Å². The molecule has 1 aromatic carbocycles. The Morgan fingerprint density at radius 3 is 2.65 bits per heavy atom. The third kappa shape index (κ3) is 4.32. The molecule has 0 fully saturated rings. The van der Waals surface area contributed by atoms with E-state index in [4.69, 9.17) is 22.1 Å². The summed E-state index contributed by atoms with van der Waals surface area (Å²) < 4.78 is 44.3. The molecule has 6 nitrogen and oxygen atoms in total. The minimum atomic E-state index is -3.84. The van der Waals surface area contributed by atoms with Crippen LogP contribution in [-0.4, -0.2) is 33.3 Å². The molecule has 1 rings (SSSR count). The lowest BCUT2D eigenvalue weighted by molar-refractivity contribution is 0.0997. The fourth-order valence-electron chi connectivity index (χ4n) is 1.49. The van der Waals surface area contributed by atoms with Crippen LogP contribution in [0.25, 0.3) is 0 Å². The lowest BCUT2D eigenvalue weighted by Crippen LogP contribution is -2.27. The van der Waals surface area contributed by atoms with Gasteiger partial charge in [0.15, 0.2) is 0 Å². The van der Waals surface area contributed by atoms with E-state index in [1.54, 1.807) is 6.92 Å². The average molecular weight is 325 g/mol. The number of benzene rings is 1. The Bertz CT molecular complexity index is 621. The van der Waals surface area contributed by atoms with E-state index < -0.39 is 33.4 Å². The van der Waals surface area contributed by atoms with Gasteiger partial charge in [0.05, 0.1) is 23.1 Å². The van der Waals surface area contributed by atoms with Crippen molar-refractivity contribution in [2.75, 3.05) is 17.6 Å². The summed E-state index contributed by atoms with van der Waals surface area (Å²) in [6.07, 6.45) is -0.575. The quantitative estimate of drug-likeness (QED) is 0.825. The number of sulfonamides is 1. The summed E-state index contributed by atoms with van der Waals surface area (Å²) >= 11 is 5.64. The Morgan fingerprint density at radius 2 is 2.15 bits per heavy atom. The number of ether oxygens (including phenoxy) is 1. The van der Waals surface area contributed by atoms with Gasteiger partial charge in [-0.05, 0) is 19.1 Å². The molecule has 3 N–H and O–H groups in total. The van der Waals surface area contributed by atoms with Gasteiger partial charge in [-0.3, -0.25) is 9.52 Å². The lowest BCUT2D eigenvalue weighted by Gasteiger charge is -2.14. The van der Waals surface area contributed by atoms with Gasteiger partial charge in [0.1, 0.15) is 5.82 Å². The fourth-order valence-corrected chi connectivity index (χ4v) is 3.03. The van der Waals surface area contributed by atoms with Gasteiger partial charge in [0, 0.05) is 12.1 Å². The van der Waals surface area contributed by atoms with Gasteiger partial charge in [-0.15, -0.1) is 0 Å². The highest BCUT2D eigenvalue weighted by molar-refractivity contribution is 7.92. The maximum absolute atomic E-state index is 13.6. The molecule has 0 aliphatic carbocycles. The van der Waals surface area contributed by atoms with Crippen LogP contribution in [0.1, 0.15) is 17.3 Å². The van der Waals surface area contributed by atoms with E-state index in [9.17, 15) is 17.6 Å². The molecule has 1 amide bonds. The minimum absolute atomic E-state index is 0.0648. The van der Waals surface area contributed by atoms with Crippen molar-refractivity contribution in [3.8, 4) is 0 Å². The predicted octanol–water partition coefficient (Wildman–Crippen LogP) is 1.35. The van der Waals surface area contributed by atoms with E-state index in [2.05, 4.69) is 4.72 Å². The Balaban J connectivity index is 3.18. The first kappa shape index (κ1) is 16.7. The fraction of sp³-hybridized carbons (Fsp3) is 0.364. The van der Waals surface area contributed by atoms with Crippen molar-refractivity contribution in [3.05, 3.63) is 28.5 Å². The van der Waals surface area contributed by atoms with E-state index in [1.807, 2.05) is 0 Å². The van der Waals surface area contributed by atoms with Crippen molar-refractivity contribution in [3.63, 3.8) is 0 Å². The second kappa shape index (κ2) is 6.38. The second-order valence-electron chi connectivity index (χ2n) is 4.10. The van der Waals surface area contributed by atoms with Crippen molar-refractivity contribution in [2.45, 2.75) is 13.0 Å². The summed E-state index contributed by atoms with van der Waals surface area (Å²) in [5.74, 6) is -2.46. The Morgan fingerprint density at radius 1 is 1.55 bits per heavy atom. The number of rotatable bonds is 6. The second-order valence-corrected chi connectivity index (χ2v) is 6.31. The predicted molar refractivity (Wildman–Crippen MR) is 73.8 cm³/mol. The molecule has 9 heteroatoms. The summed E-state index contributed by atoms with van der Waals surface area (Å²) in [5, 5.41) is -0.0648. The van der Waals surface area contributed by atoms with Crippen LogP contribution in [0.5, 0.6) is 0 Å². The zero-order valence-electron chi connectivity index (χ0n) is 10.8. The molecule has 20 heavy (non-hydrogen) atoms. The normalized spacial score (nSPS) is 13.0. The Hall–Kier alpha value is -1.38. The monoisotopic (exact) mass is 324 g/mol. The summed E-state index contributed by atoms with van der Waals surface area (Å²) in [6, 6.07) is 1.98. The summed E-state index contributed by atoms with van der Waals surface area (Å²) in [5.41, 5.74) is 4.16. The van der Waals surface area contributed by atoms with E-state index in [0.717, 1.165) is 12.1 Å². The SMILES string of the molecule is COC(C)CS(=O)(=O)Nc1cc(Cl)cc(F)c1C(N)=O. The lowest BCUT2D eigenvalue weighted by atomic mass is 10.1. The molecular weight excluding hydrogens is 311 g/mol. The number of methoxy groups -OCH3 is 1. The molecular formula is C11H14ClFN2O4S. The molecule has 1 atom stereocenters. The van der Waals surface area contributed by atoms with Crippen LogP contribution in [0.15, 0.2) is 12.1 Å². The maximum atomic E-state index is 13.6. The van der Waals surface area contributed by atoms with Crippen LogP contribution in [-0.2, 0) is 14.8 Å². The van der Waals surface area contributed by atoms with Crippen molar-refractivity contribution in [2.24, 2.45) is 5.73 Å². The smallest absolute Gasteiger partial charge is 0.253 e. The van der Waals surface area contributed by atoms with Crippen molar-refractivity contribution < 1.29 is 22.3 Å². The summed E-state index contributed by atoms with van der Waals surface area (Å²) in [6.45, 7) is 1.55. The van der Waals surface area contributed by atoms with Crippen molar-refractivity contribution in [1.29, 1.82) is 0 Å². The van der Waals surface area contributed by atoms with E-state index >= 15 is 0 Å². The van der Waals surface area contributed by atoms with Gasteiger partial charge in [-0.1, -0.05) is 11.6 Å². The molecule has 1 aromatic rings. The third-order valence-corrected chi connectivity index (χ3v) is 4.08. The standard InChI is InChI=1S/C11H14ClFN2O4S/c1-6(19-2)5-20(17,18)15-9-4-7(12)3-8(13)10(9)11(14)16/h3-4,6,15H,5H2,1-2H3,(H2,14,16). The summed E-state index contributed by atoms with van der Waals surface area (Å²) in [7, 11) is -2.49. The zero-order valence-corrected chi connectivity index (χ0v) is 12.4. The van der Waals surface area contributed by atoms with Crippen LogP contribution in [0.3, 0.4) is 0 Å². The number of anilines is 1. The highest BCUT2D eigenvalue weighted by Gasteiger charge is 2.21. The summed E-state index contributed by atoms with van der Waals surface area (Å²) in [4.78, 5) is 11.2. The van der Waals surface area contributed by atoms with Gasteiger partial charge in [0.2, 0.25) is 10.0 Å². The molecule has 1 unspecified atom stereocenters. The third-order valence-electron chi connectivity index (χ3n) is 2.42. The van der Waals surface area contributed by atoms with E-state index in [1.165, 1.54) is 7.11 Å². The molecule has 0 radical (unpaired) electrons. The molecule has 0 aromatic heterocycles. The topological polar surface area (TPSA) is 98.5 Å². The Labute approximate surface area is 121 Å². The minimum Gasteiger partial charge on any atom is -0.381 e. The zero-order chi connectivity index (χ0) is 15.5. The molecule has 0 aliphatic rings. The molecule has 0 spiro atoms. The first-order valence-corrected chi connectivity index (χ1v) is 7.51. The highest BCUT2D eigenvalue weighted by Crippen LogP contribution is 2.25. The molecule has 0 saturated carbocycles. The largest absolute Gasteiger partial charge is 0.381 e. The van der Waals surface area contributed by atoms with Gasteiger partial charge in [-0.25, -0.2) is 12.8 Å². The number of hydrogen-bond acceptors (Lipinski definition) is 4. The molecule has 0 heterocycles. The van der Waals surface area contributed by atoms with Gasteiger partial charge >= 0.3 is 0 Å². The van der Waals surface area contributed by atoms with Crippen molar-refractivity contribution in [1.82, 2.24) is 0 Å². The number of primary amides is 1.